The van der Waals surface area contributed by atoms with E-state index in [1.807, 2.05) is 48.9 Å². The number of nitrogens with zero attached hydrogens (tertiary/aromatic N) is 3. The first-order valence-corrected chi connectivity index (χ1v) is 6.99. The average Bonchev–Trinajstić information content (AvgIpc) is 2.87. The summed E-state index contributed by atoms with van der Waals surface area (Å²) in [4.78, 5) is 16.2. The second-order valence-electron chi connectivity index (χ2n) is 5.05. The van der Waals surface area contributed by atoms with Gasteiger partial charge in [-0.1, -0.05) is 12.1 Å². The molecule has 0 bridgehead atoms. The monoisotopic (exact) mass is 292 g/mol. The van der Waals surface area contributed by atoms with E-state index in [1.165, 1.54) is 0 Å². The Labute approximate surface area is 128 Å². The van der Waals surface area contributed by atoms with Gasteiger partial charge in [-0.25, -0.2) is 4.68 Å². The third-order valence-corrected chi connectivity index (χ3v) is 3.33. The second-order valence-corrected chi connectivity index (χ2v) is 5.05. The second kappa shape index (κ2) is 5.81. The van der Waals surface area contributed by atoms with Crippen molar-refractivity contribution in [1.29, 1.82) is 0 Å². The van der Waals surface area contributed by atoms with Crippen LogP contribution in [0.1, 0.15) is 21.7 Å². The van der Waals surface area contributed by atoms with Crippen molar-refractivity contribution in [3.63, 3.8) is 0 Å². The van der Waals surface area contributed by atoms with Crippen molar-refractivity contribution in [2.24, 2.45) is 0 Å². The van der Waals surface area contributed by atoms with Crippen molar-refractivity contribution in [3.8, 4) is 5.69 Å². The molecule has 1 aromatic carbocycles. The molecule has 5 heteroatoms. The summed E-state index contributed by atoms with van der Waals surface area (Å²) in [6.07, 6.45) is 3.20. The molecule has 2 heterocycles. The quantitative estimate of drug-likeness (QED) is 0.806. The molecule has 22 heavy (non-hydrogen) atoms. The summed E-state index contributed by atoms with van der Waals surface area (Å²) in [7, 11) is 0. The van der Waals surface area contributed by atoms with Gasteiger partial charge < -0.3 is 5.32 Å². The molecule has 0 atom stereocenters. The fraction of sp³-hybridized carbons (Fsp3) is 0.118. The number of carbonyl (C=O) groups excluding carboxylic acids is 1. The van der Waals surface area contributed by atoms with Crippen LogP contribution in [0.3, 0.4) is 0 Å². The first-order chi connectivity index (χ1) is 10.6. The van der Waals surface area contributed by atoms with E-state index in [4.69, 9.17) is 0 Å². The topological polar surface area (TPSA) is 59.8 Å². The van der Waals surface area contributed by atoms with Gasteiger partial charge >= 0.3 is 0 Å². The molecule has 3 rings (SSSR count). The maximum absolute atomic E-state index is 12.3. The van der Waals surface area contributed by atoms with Gasteiger partial charge in [-0.15, -0.1) is 0 Å². The highest BCUT2D eigenvalue weighted by Crippen LogP contribution is 2.22. The van der Waals surface area contributed by atoms with E-state index in [0.29, 0.717) is 5.56 Å². The summed E-state index contributed by atoms with van der Waals surface area (Å²) in [5.41, 5.74) is 4.08. The largest absolute Gasteiger partial charge is 0.320 e. The number of carbonyl (C=O) groups is 1. The van der Waals surface area contributed by atoms with Crippen molar-refractivity contribution < 1.29 is 4.79 Å². The highest BCUT2D eigenvalue weighted by Gasteiger charge is 2.12. The molecule has 0 radical (unpaired) electrons. The maximum atomic E-state index is 12.3. The summed E-state index contributed by atoms with van der Waals surface area (Å²) in [6.45, 7) is 3.93. The molecule has 3 aromatic rings. The Morgan fingerprint density at radius 1 is 1.09 bits per heavy atom. The third kappa shape index (κ3) is 2.74. The summed E-state index contributed by atoms with van der Waals surface area (Å²) in [5, 5.41) is 7.41. The number of hydrogen-bond acceptors (Lipinski definition) is 3. The van der Waals surface area contributed by atoms with Crippen LogP contribution in [0.5, 0.6) is 0 Å². The molecule has 0 spiro atoms. The van der Waals surface area contributed by atoms with E-state index in [0.717, 1.165) is 22.8 Å². The van der Waals surface area contributed by atoms with Gasteiger partial charge in [0.2, 0.25) is 0 Å². The fourth-order valence-corrected chi connectivity index (χ4v) is 2.33. The van der Waals surface area contributed by atoms with E-state index >= 15 is 0 Å². The zero-order valence-electron chi connectivity index (χ0n) is 12.4. The number of anilines is 1. The Balaban J connectivity index is 1.96. The Morgan fingerprint density at radius 3 is 2.50 bits per heavy atom. The van der Waals surface area contributed by atoms with E-state index in [-0.39, 0.29) is 5.91 Å². The number of aromatic nitrogens is 3. The van der Waals surface area contributed by atoms with E-state index in [9.17, 15) is 4.79 Å². The number of aryl methyl sites for hydroxylation is 2. The van der Waals surface area contributed by atoms with Crippen molar-refractivity contribution >= 4 is 11.6 Å². The molecule has 0 aliphatic carbocycles. The predicted molar refractivity (Wildman–Crippen MR) is 85.2 cm³/mol. The van der Waals surface area contributed by atoms with Crippen LogP contribution >= 0.6 is 0 Å². The van der Waals surface area contributed by atoms with Gasteiger partial charge in [0.1, 0.15) is 0 Å². The van der Waals surface area contributed by atoms with E-state index < -0.39 is 0 Å². The fourth-order valence-electron chi connectivity index (χ4n) is 2.33. The maximum Gasteiger partial charge on any atom is 0.255 e. The number of benzene rings is 1. The molecule has 1 amide bonds. The smallest absolute Gasteiger partial charge is 0.255 e. The summed E-state index contributed by atoms with van der Waals surface area (Å²) in [5.74, 6) is -0.170. The first-order valence-electron chi connectivity index (χ1n) is 6.99. The van der Waals surface area contributed by atoms with Gasteiger partial charge in [0.15, 0.2) is 0 Å². The molecule has 0 aliphatic rings. The van der Waals surface area contributed by atoms with Crippen LogP contribution in [0.25, 0.3) is 5.69 Å². The van der Waals surface area contributed by atoms with Crippen LogP contribution < -0.4 is 5.32 Å². The number of para-hydroxylation sites is 2. The highest BCUT2D eigenvalue weighted by molar-refractivity contribution is 6.05. The minimum absolute atomic E-state index is 0.170. The molecular formula is C17H16N4O. The SMILES string of the molecule is Cc1cc(C)n(-c2ccccc2NC(=O)c2ccncc2)n1. The Bertz CT molecular complexity index is 809. The van der Waals surface area contributed by atoms with Gasteiger partial charge in [-0.05, 0) is 44.2 Å². The van der Waals surface area contributed by atoms with Crippen molar-refractivity contribution in [2.45, 2.75) is 13.8 Å². The first kappa shape index (κ1) is 14.0. The Morgan fingerprint density at radius 2 is 1.82 bits per heavy atom. The zero-order chi connectivity index (χ0) is 15.5. The van der Waals surface area contributed by atoms with Crippen molar-refractivity contribution in [2.75, 3.05) is 5.32 Å². The zero-order valence-corrected chi connectivity index (χ0v) is 12.4. The lowest BCUT2D eigenvalue weighted by molar-refractivity contribution is 0.102. The minimum Gasteiger partial charge on any atom is -0.320 e. The lowest BCUT2D eigenvalue weighted by Gasteiger charge is -2.12. The molecule has 5 nitrogen and oxygen atoms in total. The van der Waals surface area contributed by atoms with Crippen LogP contribution in [-0.2, 0) is 0 Å². The molecule has 1 N–H and O–H groups in total. The average molecular weight is 292 g/mol. The molecule has 0 fully saturated rings. The Hall–Kier alpha value is -2.95. The van der Waals surface area contributed by atoms with E-state index in [2.05, 4.69) is 15.4 Å². The summed E-state index contributed by atoms with van der Waals surface area (Å²) < 4.78 is 1.83. The molecular weight excluding hydrogens is 276 g/mol. The predicted octanol–water partition coefficient (Wildman–Crippen LogP) is 3.14. The van der Waals surface area contributed by atoms with Crippen molar-refractivity contribution in [3.05, 3.63) is 71.8 Å². The van der Waals surface area contributed by atoms with Gasteiger partial charge in [0, 0.05) is 23.7 Å². The van der Waals surface area contributed by atoms with Crippen LogP contribution in [-0.4, -0.2) is 20.7 Å². The highest BCUT2D eigenvalue weighted by atomic mass is 16.1. The normalized spacial score (nSPS) is 10.5. The van der Waals surface area contributed by atoms with Crippen LogP contribution in [0, 0.1) is 13.8 Å². The lowest BCUT2D eigenvalue weighted by atomic mass is 10.2. The number of rotatable bonds is 3. The van der Waals surface area contributed by atoms with Gasteiger partial charge in [0.05, 0.1) is 17.1 Å². The number of hydrogen-bond donors (Lipinski definition) is 1. The molecule has 0 aliphatic heterocycles. The van der Waals surface area contributed by atoms with Crippen LogP contribution in [0.2, 0.25) is 0 Å². The molecule has 0 saturated heterocycles. The van der Waals surface area contributed by atoms with Gasteiger partial charge in [-0.3, -0.25) is 9.78 Å². The van der Waals surface area contributed by atoms with Crippen LogP contribution in [0.4, 0.5) is 5.69 Å². The number of pyridine rings is 1. The minimum atomic E-state index is -0.170. The van der Waals surface area contributed by atoms with E-state index in [1.54, 1.807) is 24.5 Å². The number of nitrogens with one attached hydrogen (secondary N) is 1. The van der Waals surface area contributed by atoms with Gasteiger partial charge in [-0.2, -0.15) is 5.10 Å². The standard InChI is InChI=1S/C17H16N4O/c1-12-11-13(2)21(20-12)16-6-4-3-5-15(16)19-17(22)14-7-9-18-10-8-14/h3-11H,1-2H3,(H,19,22). The summed E-state index contributed by atoms with van der Waals surface area (Å²) in [6, 6.07) is 13.0. The Kier molecular flexibility index (Phi) is 3.70. The lowest BCUT2D eigenvalue weighted by Crippen LogP contribution is -2.14. The molecule has 0 saturated carbocycles. The molecule has 110 valence electrons. The summed E-state index contributed by atoms with van der Waals surface area (Å²) >= 11 is 0. The number of amides is 1. The van der Waals surface area contributed by atoms with Crippen molar-refractivity contribution in [1.82, 2.24) is 14.8 Å². The van der Waals surface area contributed by atoms with Gasteiger partial charge in [0.25, 0.3) is 5.91 Å². The molecule has 2 aromatic heterocycles. The third-order valence-electron chi connectivity index (χ3n) is 3.33. The van der Waals surface area contributed by atoms with Crippen LogP contribution in [0.15, 0.2) is 54.9 Å². The molecule has 0 unspecified atom stereocenters.